The Morgan fingerprint density at radius 2 is 2.27 bits per heavy atom. The Morgan fingerprint density at radius 3 is 2.73 bits per heavy atom. The number of hydrogen-bond donors (Lipinski definition) is 2. The van der Waals surface area contributed by atoms with Gasteiger partial charge in [0.05, 0.1) is 13.7 Å². The van der Waals surface area contributed by atoms with Crippen LogP contribution >= 0.6 is 0 Å². The predicted molar refractivity (Wildman–Crippen MR) is 43.3 cm³/mol. The Bertz CT molecular complexity index is 248. The van der Waals surface area contributed by atoms with Crippen molar-refractivity contribution in [3.05, 3.63) is 23.8 Å². The van der Waals surface area contributed by atoms with Crippen LogP contribution in [0, 0.1) is 0 Å². The number of nitrogen functional groups attached to an aromatic ring is 1. The van der Waals surface area contributed by atoms with E-state index >= 15 is 0 Å². The second-order valence-corrected chi connectivity index (χ2v) is 2.19. The van der Waals surface area contributed by atoms with Crippen LogP contribution in [0.5, 0.6) is 5.75 Å². The normalized spacial score (nSPS) is 9.64. The molecule has 0 aliphatic carbocycles. The molecule has 1 aromatic rings. The van der Waals surface area contributed by atoms with Gasteiger partial charge in [-0.25, -0.2) is 0 Å². The monoisotopic (exact) mass is 153 g/mol. The van der Waals surface area contributed by atoms with Crippen molar-refractivity contribution in [2.24, 2.45) is 0 Å². The molecule has 0 fully saturated rings. The highest BCUT2D eigenvalue weighted by molar-refractivity contribution is 5.53. The number of rotatable bonds is 2. The number of aliphatic hydroxyl groups is 1. The predicted octanol–water partition coefficient (Wildman–Crippen LogP) is 0.770. The lowest BCUT2D eigenvalue weighted by atomic mass is 10.2. The number of anilines is 1. The highest BCUT2D eigenvalue weighted by Crippen LogP contribution is 2.23. The zero-order chi connectivity index (χ0) is 8.27. The maximum atomic E-state index is 8.87. The molecule has 3 heteroatoms. The zero-order valence-electron chi connectivity index (χ0n) is 6.37. The third-order valence-corrected chi connectivity index (χ3v) is 1.55. The van der Waals surface area contributed by atoms with Gasteiger partial charge in [-0.3, -0.25) is 0 Å². The Hall–Kier alpha value is -1.22. The highest BCUT2D eigenvalue weighted by atomic mass is 16.5. The van der Waals surface area contributed by atoms with Gasteiger partial charge >= 0.3 is 0 Å². The molecule has 0 aliphatic heterocycles. The van der Waals surface area contributed by atoms with Crippen molar-refractivity contribution < 1.29 is 9.84 Å². The lowest BCUT2D eigenvalue weighted by Gasteiger charge is -2.07. The van der Waals surface area contributed by atoms with E-state index < -0.39 is 0 Å². The van der Waals surface area contributed by atoms with Crippen molar-refractivity contribution in [3.8, 4) is 5.75 Å². The van der Waals surface area contributed by atoms with Gasteiger partial charge in [0.25, 0.3) is 0 Å². The molecule has 11 heavy (non-hydrogen) atoms. The molecule has 0 spiro atoms. The minimum atomic E-state index is -0.0875. The number of hydrogen-bond acceptors (Lipinski definition) is 3. The summed E-state index contributed by atoms with van der Waals surface area (Å²) in [5.41, 5.74) is 6.78. The summed E-state index contributed by atoms with van der Waals surface area (Å²) in [6, 6.07) is 5.28. The van der Waals surface area contributed by atoms with E-state index in [9.17, 15) is 0 Å². The van der Waals surface area contributed by atoms with Crippen LogP contribution in [0.4, 0.5) is 5.69 Å². The molecule has 0 saturated carbocycles. The molecule has 1 rings (SSSR count). The van der Waals surface area contributed by atoms with Crippen LogP contribution < -0.4 is 10.5 Å². The van der Waals surface area contributed by atoms with Crippen molar-refractivity contribution in [1.29, 1.82) is 0 Å². The molecule has 3 nitrogen and oxygen atoms in total. The van der Waals surface area contributed by atoms with Crippen LogP contribution in [0.25, 0.3) is 0 Å². The van der Waals surface area contributed by atoms with E-state index in [1.807, 2.05) is 0 Å². The van der Waals surface area contributed by atoms with Gasteiger partial charge in [-0.2, -0.15) is 0 Å². The summed E-state index contributed by atoms with van der Waals surface area (Å²) in [5.74, 6) is 0.632. The Morgan fingerprint density at radius 1 is 1.55 bits per heavy atom. The van der Waals surface area contributed by atoms with Gasteiger partial charge in [-0.05, 0) is 12.1 Å². The topological polar surface area (TPSA) is 55.5 Å². The molecule has 0 radical (unpaired) electrons. The Labute approximate surface area is 65.4 Å². The molecule has 0 amide bonds. The van der Waals surface area contributed by atoms with E-state index in [2.05, 4.69) is 0 Å². The van der Waals surface area contributed by atoms with Crippen LogP contribution in [-0.2, 0) is 6.61 Å². The lowest BCUT2D eigenvalue weighted by molar-refractivity contribution is 0.274. The molecular weight excluding hydrogens is 142 g/mol. The average molecular weight is 153 g/mol. The molecule has 0 aromatic heterocycles. The maximum Gasteiger partial charge on any atom is 0.126 e. The SMILES string of the molecule is COc1cccc(N)c1CO. The number of ether oxygens (including phenoxy) is 1. The molecule has 0 bridgehead atoms. The molecular formula is C8H11NO2. The van der Waals surface area contributed by atoms with E-state index in [1.165, 1.54) is 0 Å². The van der Waals surface area contributed by atoms with Crippen molar-refractivity contribution in [2.45, 2.75) is 6.61 Å². The quantitative estimate of drug-likeness (QED) is 0.617. The fraction of sp³-hybridized carbons (Fsp3) is 0.250. The summed E-state index contributed by atoms with van der Waals surface area (Å²) in [5, 5.41) is 8.87. The lowest BCUT2D eigenvalue weighted by Crippen LogP contribution is -1.97. The number of benzene rings is 1. The molecule has 0 aliphatic rings. The summed E-state index contributed by atoms with van der Waals surface area (Å²) in [6.45, 7) is -0.0875. The molecule has 1 aromatic carbocycles. The summed E-state index contributed by atoms with van der Waals surface area (Å²) in [4.78, 5) is 0. The van der Waals surface area contributed by atoms with E-state index in [4.69, 9.17) is 15.6 Å². The average Bonchev–Trinajstić information content (AvgIpc) is 2.04. The first kappa shape index (κ1) is 7.88. The second kappa shape index (κ2) is 3.25. The number of aliphatic hydroxyl groups excluding tert-OH is 1. The minimum absolute atomic E-state index is 0.0875. The van der Waals surface area contributed by atoms with Crippen LogP contribution in [0.3, 0.4) is 0 Å². The van der Waals surface area contributed by atoms with Crippen LogP contribution in [0.2, 0.25) is 0 Å². The smallest absolute Gasteiger partial charge is 0.126 e. The van der Waals surface area contributed by atoms with Gasteiger partial charge in [0.2, 0.25) is 0 Å². The summed E-state index contributed by atoms with van der Waals surface area (Å²) in [7, 11) is 1.55. The first-order valence-corrected chi connectivity index (χ1v) is 3.31. The zero-order valence-corrected chi connectivity index (χ0v) is 6.37. The van der Waals surface area contributed by atoms with Gasteiger partial charge in [0, 0.05) is 11.3 Å². The van der Waals surface area contributed by atoms with Crippen LogP contribution in [0.1, 0.15) is 5.56 Å². The van der Waals surface area contributed by atoms with Crippen molar-refractivity contribution in [3.63, 3.8) is 0 Å². The first-order valence-electron chi connectivity index (χ1n) is 3.31. The summed E-state index contributed by atoms with van der Waals surface area (Å²) in [6.07, 6.45) is 0. The Balaban J connectivity index is 3.13. The van der Waals surface area contributed by atoms with Gasteiger partial charge < -0.3 is 15.6 Å². The van der Waals surface area contributed by atoms with E-state index in [-0.39, 0.29) is 6.61 Å². The minimum Gasteiger partial charge on any atom is -0.496 e. The number of nitrogens with two attached hydrogens (primary N) is 1. The van der Waals surface area contributed by atoms with E-state index in [0.29, 0.717) is 17.0 Å². The largest absolute Gasteiger partial charge is 0.496 e. The van der Waals surface area contributed by atoms with E-state index in [0.717, 1.165) is 0 Å². The maximum absolute atomic E-state index is 8.87. The van der Waals surface area contributed by atoms with Crippen LogP contribution in [-0.4, -0.2) is 12.2 Å². The number of methoxy groups -OCH3 is 1. The summed E-state index contributed by atoms with van der Waals surface area (Å²) < 4.78 is 4.98. The third kappa shape index (κ3) is 1.43. The van der Waals surface area contributed by atoms with Crippen molar-refractivity contribution >= 4 is 5.69 Å². The third-order valence-electron chi connectivity index (χ3n) is 1.55. The molecule has 3 N–H and O–H groups in total. The molecule has 0 saturated heterocycles. The molecule has 0 unspecified atom stereocenters. The van der Waals surface area contributed by atoms with Crippen molar-refractivity contribution in [2.75, 3.05) is 12.8 Å². The standard InChI is InChI=1S/C8H11NO2/c1-11-8-4-2-3-7(9)6(8)5-10/h2-4,10H,5,9H2,1H3. The van der Waals surface area contributed by atoms with Gasteiger partial charge in [0.15, 0.2) is 0 Å². The fourth-order valence-electron chi connectivity index (χ4n) is 0.943. The molecule has 0 atom stereocenters. The van der Waals surface area contributed by atoms with Gasteiger partial charge in [0.1, 0.15) is 5.75 Å². The van der Waals surface area contributed by atoms with Gasteiger partial charge in [-0.1, -0.05) is 6.07 Å². The second-order valence-electron chi connectivity index (χ2n) is 2.19. The fourth-order valence-corrected chi connectivity index (χ4v) is 0.943. The van der Waals surface area contributed by atoms with E-state index in [1.54, 1.807) is 25.3 Å². The highest BCUT2D eigenvalue weighted by Gasteiger charge is 2.03. The molecule has 60 valence electrons. The first-order chi connectivity index (χ1) is 5.29. The van der Waals surface area contributed by atoms with Crippen LogP contribution in [0.15, 0.2) is 18.2 Å². The van der Waals surface area contributed by atoms with Crippen molar-refractivity contribution in [1.82, 2.24) is 0 Å². The Kier molecular flexibility index (Phi) is 2.33. The van der Waals surface area contributed by atoms with Gasteiger partial charge in [-0.15, -0.1) is 0 Å². The summed E-state index contributed by atoms with van der Waals surface area (Å²) >= 11 is 0. The molecule has 0 heterocycles.